The summed E-state index contributed by atoms with van der Waals surface area (Å²) in [5, 5.41) is 14.0. The largest absolute Gasteiger partial charge is 0.357 e. The van der Waals surface area contributed by atoms with Crippen LogP contribution in [-0.2, 0) is 6.42 Å². The maximum atomic E-state index is 4.17. The van der Waals surface area contributed by atoms with Gasteiger partial charge in [0.05, 0.1) is 0 Å². The van der Waals surface area contributed by atoms with Gasteiger partial charge >= 0.3 is 0 Å². The van der Waals surface area contributed by atoms with Crippen LogP contribution in [0.5, 0.6) is 0 Å². The fraction of sp³-hybridized carbons (Fsp3) is 0.818. The third-order valence-electron chi connectivity index (χ3n) is 3.14. The molecule has 3 nitrogen and oxygen atoms in total. The summed E-state index contributed by atoms with van der Waals surface area (Å²) >= 11 is 1.70. The molecule has 0 aliphatic heterocycles. The summed E-state index contributed by atoms with van der Waals surface area (Å²) in [6.45, 7) is 4.43. The molecule has 15 heavy (non-hydrogen) atoms. The predicted octanol–water partition coefficient (Wildman–Crippen LogP) is 3.09. The first-order chi connectivity index (χ1) is 7.29. The molecule has 4 heteroatoms. The highest BCUT2D eigenvalue weighted by Gasteiger charge is 2.24. The summed E-state index contributed by atoms with van der Waals surface area (Å²) in [6, 6.07) is 0.557. The van der Waals surface area contributed by atoms with Gasteiger partial charge in [-0.1, -0.05) is 24.7 Å². The average molecular weight is 225 g/mol. The maximum Gasteiger partial charge on any atom is 0.205 e. The van der Waals surface area contributed by atoms with Gasteiger partial charge in [0.2, 0.25) is 5.13 Å². The average Bonchev–Trinajstić information content (AvgIpc) is 2.49. The Morgan fingerprint density at radius 1 is 1.47 bits per heavy atom. The second kappa shape index (κ2) is 4.92. The lowest BCUT2D eigenvalue weighted by molar-refractivity contribution is 0.285. The van der Waals surface area contributed by atoms with Crippen LogP contribution in [0.4, 0.5) is 5.13 Å². The van der Waals surface area contributed by atoms with Gasteiger partial charge in [0.25, 0.3) is 0 Å². The van der Waals surface area contributed by atoms with Crippen LogP contribution in [0.3, 0.4) is 0 Å². The van der Waals surface area contributed by atoms with Gasteiger partial charge in [-0.2, -0.15) is 0 Å². The topological polar surface area (TPSA) is 37.8 Å². The summed E-state index contributed by atoms with van der Waals surface area (Å²) in [5.41, 5.74) is 0. The van der Waals surface area contributed by atoms with Crippen molar-refractivity contribution >= 4 is 16.5 Å². The van der Waals surface area contributed by atoms with E-state index in [2.05, 4.69) is 29.4 Å². The Kier molecular flexibility index (Phi) is 3.57. The molecule has 1 unspecified atom stereocenters. The lowest BCUT2D eigenvalue weighted by Gasteiger charge is -2.31. The molecule has 1 aliphatic rings. The summed E-state index contributed by atoms with van der Waals surface area (Å²) < 4.78 is 0. The number of anilines is 1. The zero-order valence-corrected chi connectivity index (χ0v) is 10.3. The van der Waals surface area contributed by atoms with Gasteiger partial charge in [-0.05, 0) is 32.1 Å². The van der Waals surface area contributed by atoms with Crippen LogP contribution in [-0.4, -0.2) is 16.2 Å². The highest BCUT2D eigenvalue weighted by atomic mass is 32.1. The maximum absolute atomic E-state index is 4.17. The molecule has 1 saturated carbocycles. The zero-order chi connectivity index (χ0) is 10.7. The molecule has 0 radical (unpaired) electrons. The van der Waals surface area contributed by atoms with Gasteiger partial charge in [0.1, 0.15) is 5.01 Å². The molecule has 0 amide bonds. The number of aryl methyl sites for hydroxylation is 1. The zero-order valence-electron chi connectivity index (χ0n) is 9.49. The van der Waals surface area contributed by atoms with E-state index in [4.69, 9.17) is 0 Å². The first-order valence-corrected chi connectivity index (χ1v) is 6.70. The molecule has 0 bridgehead atoms. The highest BCUT2D eigenvalue weighted by Crippen LogP contribution is 2.31. The van der Waals surface area contributed by atoms with Crippen LogP contribution < -0.4 is 5.32 Å². The Bertz CT molecular complexity index is 307. The summed E-state index contributed by atoms with van der Waals surface area (Å²) in [6.07, 6.45) is 6.33. The summed E-state index contributed by atoms with van der Waals surface area (Å²) in [5.74, 6) is 0.850. The van der Waals surface area contributed by atoms with E-state index < -0.39 is 0 Å². The number of rotatable bonds is 5. The molecule has 84 valence electrons. The molecule has 1 aliphatic carbocycles. The lowest BCUT2D eigenvalue weighted by atomic mass is 9.80. The van der Waals surface area contributed by atoms with E-state index in [1.54, 1.807) is 11.3 Å². The van der Waals surface area contributed by atoms with Crippen molar-refractivity contribution in [2.75, 3.05) is 5.32 Å². The van der Waals surface area contributed by atoms with E-state index in [0.717, 1.165) is 28.9 Å². The fourth-order valence-corrected chi connectivity index (χ4v) is 2.82. The lowest BCUT2D eigenvalue weighted by Crippen LogP contribution is -2.30. The quantitative estimate of drug-likeness (QED) is 0.836. The molecular weight excluding hydrogens is 206 g/mol. The normalized spacial score (nSPS) is 18.5. The molecular formula is C11H19N3S. The van der Waals surface area contributed by atoms with Crippen LogP contribution >= 0.6 is 11.3 Å². The van der Waals surface area contributed by atoms with Gasteiger partial charge in [-0.3, -0.25) is 0 Å². The molecule has 2 rings (SSSR count). The predicted molar refractivity (Wildman–Crippen MR) is 64.3 cm³/mol. The van der Waals surface area contributed by atoms with E-state index in [1.807, 2.05) is 0 Å². The van der Waals surface area contributed by atoms with E-state index in [9.17, 15) is 0 Å². The third kappa shape index (κ3) is 2.68. The van der Waals surface area contributed by atoms with Gasteiger partial charge < -0.3 is 5.32 Å². The Labute approximate surface area is 95.3 Å². The fourth-order valence-electron chi connectivity index (χ4n) is 1.88. The van der Waals surface area contributed by atoms with Crippen LogP contribution in [0.1, 0.15) is 44.5 Å². The molecule has 1 aromatic heterocycles. The number of aromatic nitrogens is 2. The Hall–Kier alpha value is -0.640. The number of hydrogen-bond donors (Lipinski definition) is 1. The Morgan fingerprint density at radius 2 is 2.27 bits per heavy atom. The minimum absolute atomic E-state index is 0.557. The number of nitrogens with zero attached hydrogens (tertiary/aromatic N) is 2. The van der Waals surface area contributed by atoms with E-state index in [-0.39, 0.29) is 0 Å². The van der Waals surface area contributed by atoms with Crippen LogP contribution in [0.25, 0.3) is 0 Å². The first-order valence-electron chi connectivity index (χ1n) is 5.88. The third-order valence-corrected chi connectivity index (χ3v) is 4.05. The van der Waals surface area contributed by atoms with E-state index >= 15 is 0 Å². The second-order valence-corrected chi connectivity index (χ2v) is 5.44. The van der Waals surface area contributed by atoms with Crippen LogP contribution in [0.2, 0.25) is 0 Å². The van der Waals surface area contributed by atoms with Crippen molar-refractivity contribution in [3.63, 3.8) is 0 Å². The Balaban J connectivity index is 1.86. The van der Waals surface area contributed by atoms with E-state index in [0.29, 0.717) is 6.04 Å². The van der Waals surface area contributed by atoms with Crippen molar-refractivity contribution in [2.24, 2.45) is 5.92 Å². The van der Waals surface area contributed by atoms with Gasteiger partial charge in [0.15, 0.2) is 0 Å². The minimum atomic E-state index is 0.557. The molecule has 1 atom stereocenters. The minimum Gasteiger partial charge on any atom is -0.357 e. The standard InChI is InChI=1S/C11H19N3S/c1-3-5-10-13-14-11(15-10)12-8(2)9-6-4-7-9/h8-9H,3-7H2,1-2H3,(H,12,14). The van der Waals surface area contributed by atoms with Gasteiger partial charge in [-0.25, -0.2) is 0 Å². The number of hydrogen-bond acceptors (Lipinski definition) is 4. The Morgan fingerprint density at radius 3 is 2.87 bits per heavy atom. The molecule has 0 saturated heterocycles. The molecule has 1 fully saturated rings. The molecule has 1 heterocycles. The summed E-state index contributed by atoms with van der Waals surface area (Å²) in [7, 11) is 0. The van der Waals surface area contributed by atoms with Crippen LogP contribution in [0.15, 0.2) is 0 Å². The van der Waals surface area contributed by atoms with Crippen molar-refractivity contribution in [1.29, 1.82) is 0 Å². The SMILES string of the molecule is CCCc1nnc(NC(C)C2CCC2)s1. The van der Waals surface area contributed by atoms with Crippen molar-refractivity contribution < 1.29 is 0 Å². The van der Waals surface area contributed by atoms with Crippen molar-refractivity contribution in [3.8, 4) is 0 Å². The van der Waals surface area contributed by atoms with Crippen molar-refractivity contribution in [3.05, 3.63) is 5.01 Å². The second-order valence-electron chi connectivity index (χ2n) is 4.37. The molecule has 1 aromatic rings. The first kappa shape index (κ1) is 10.9. The van der Waals surface area contributed by atoms with E-state index in [1.165, 1.54) is 19.3 Å². The monoisotopic (exact) mass is 225 g/mol. The van der Waals surface area contributed by atoms with Gasteiger partial charge in [0, 0.05) is 12.5 Å². The van der Waals surface area contributed by atoms with Crippen molar-refractivity contribution in [2.45, 2.75) is 52.0 Å². The smallest absolute Gasteiger partial charge is 0.205 e. The molecule has 0 aromatic carbocycles. The van der Waals surface area contributed by atoms with Crippen LogP contribution in [0, 0.1) is 5.92 Å². The highest BCUT2D eigenvalue weighted by molar-refractivity contribution is 7.15. The summed E-state index contributed by atoms with van der Waals surface area (Å²) in [4.78, 5) is 0. The number of nitrogens with one attached hydrogen (secondary N) is 1. The molecule has 1 N–H and O–H groups in total. The molecule has 0 spiro atoms. The van der Waals surface area contributed by atoms with Gasteiger partial charge in [-0.15, -0.1) is 10.2 Å². The van der Waals surface area contributed by atoms with Crippen molar-refractivity contribution in [1.82, 2.24) is 10.2 Å².